The van der Waals surface area contributed by atoms with Crippen LogP contribution < -0.4 is 4.74 Å². The fraction of sp³-hybridized carbons (Fsp3) is 0.217. The summed E-state index contributed by atoms with van der Waals surface area (Å²) in [5.74, 6) is 0.685. The zero-order chi connectivity index (χ0) is 20.8. The number of carbonyl (C=O) groups excluding carboxylic acids is 1. The van der Waals surface area contributed by atoms with E-state index in [1.165, 1.54) is 0 Å². The van der Waals surface area contributed by atoms with E-state index in [0.717, 1.165) is 28.1 Å². The number of hydrogen-bond acceptors (Lipinski definition) is 6. The van der Waals surface area contributed by atoms with Crippen LogP contribution in [0.15, 0.2) is 48.5 Å². The van der Waals surface area contributed by atoms with Gasteiger partial charge in [-0.3, -0.25) is 4.79 Å². The first-order valence-corrected chi connectivity index (χ1v) is 9.78. The summed E-state index contributed by atoms with van der Waals surface area (Å²) in [6, 6.07) is 14.8. The molecule has 4 aromatic rings. The van der Waals surface area contributed by atoms with Gasteiger partial charge in [-0.2, -0.15) is 5.10 Å². The second-order valence-corrected chi connectivity index (χ2v) is 7.48. The lowest BCUT2D eigenvalue weighted by Crippen LogP contribution is -2.24. The Morgan fingerprint density at radius 1 is 1.07 bits per heavy atom. The number of aromatic hydroxyl groups is 1. The van der Waals surface area contributed by atoms with Gasteiger partial charge in [-0.25, -0.2) is 4.52 Å². The van der Waals surface area contributed by atoms with Crippen LogP contribution in [-0.4, -0.2) is 37.8 Å². The van der Waals surface area contributed by atoms with E-state index in [9.17, 15) is 9.90 Å². The van der Waals surface area contributed by atoms with Crippen LogP contribution >= 0.6 is 0 Å². The molecule has 0 aliphatic heterocycles. The van der Waals surface area contributed by atoms with Crippen molar-refractivity contribution in [3.63, 3.8) is 0 Å². The van der Waals surface area contributed by atoms with Crippen LogP contribution in [0, 0.1) is 6.92 Å². The summed E-state index contributed by atoms with van der Waals surface area (Å²) >= 11 is 0. The van der Waals surface area contributed by atoms with E-state index < -0.39 is 0 Å². The summed E-state index contributed by atoms with van der Waals surface area (Å²) in [7, 11) is 1.63. The van der Waals surface area contributed by atoms with Gasteiger partial charge in [-0.1, -0.05) is 36.4 Å². The predicted octanol–water partition coefficient (Wildman–Crippen LogP) is 3.73. The molecule has 5 rings (SSSR count). The number of carbonyl (C=O) groups is 1. The van der Waals surface area contributed by atoms with Crippen LogP contribution in [0.5, 0.6) is 11.5 Å². The van der Waals surface area contributed by atoms with Crippen molar-refractivity contribution in [2.75, 3.05) is 7.11 Å². The number of ether oxygens (including phenoxy) is 1. The number of aromatic nitrogens is 4. The number of phenolic OH excluding ortho intramolecular Hbond substituents is 1. The van der Waals surface area contributed by atoms with Gasteiger partial charge in [0.15, 0.2) is 17.1 Å². The molecule has 0 spiro atoms. The Kier molecular flexibility index (Phi) is 4.24. The molecule has 0 amide bonds. The van der Waals surface area contributed by atoms with Gasteiger partial charge in [0.05, 0.1) is 24.1 Å². The number of Topliss-reactive ketones (excluding diaryl/α,β-unsaturated/α-hetero) is 1. The van der Waals surface area contributed by atoms with Crippen molar-refractivity contribution in [2.45, 2.75) is 25.7 Å². The fourth-order valence-electron chi connectivity index (χ4n) is 4.30. The zero-order valence-corrected chi connectivity index (χ0v) is 16.7. The van der Waals surface area contributed by atoms with Crippen molar-refractivity contribution in [3.8, 4) is 22.6 Å². The van der Waals surface area contributed by atoms with Gasteiger partial charge in [-0.05, 0) is 31.0 Å². The van der Waals surface area contributed by atoms with Crippen molar-refractivity contribution >= 4 is 11.4 Å². The Morgan fingerprint density at radius 2 is 1.83 bits per heavy atom. The minimum atomic E-state index is -0.141. The number of ketones is 1. The van der Waals surface area contributed by atoms with Gasteiger partial charge in [0, 0.05) is 17.9 Å². The molecule has 7 nitrogen and oxygen atoms in total. The fourth-order valence-corrected chi connectivity index (χ4v) is 4.30. The van der Waals surface area contributed by atoms with Gasteiger partial charge < -0.3 is 9.84 Å². The van der Waals surface area contributed by atoms with Crippen LogP contribution in [0.3, 0.4) is 0 Å². The van der Waals surface area contributed by atoms with Crippen molar-refractivity contribution in [2.24, 2.45) is 0 Å². The molecule has 0 fully saturated rings. The molecule has 0 bridgehead atoms. The number of para-hydroxylation sites is 2. The Morgan fingerprint density at radius 3 is 2.63 bits per heavy atom. The average Bonchev–Trinajstić information content (AvgIpc) is 3.10. The summed E-state index contributed by atoms with van der Waals surface area (Å²) in [6.45, 7) is 1.91. The maximum atomic E-state index is 12.8. The molecule has 0 radical (unpaired) electrons. The van der Waals surface area contributed by atoms with E-state index in [0.29, 0.717) is 23.5 Å². The normalized spacial score (nSPS) is 15.9. The molecule has 1 aliphatic carbocycles. The summed E-state index contributed by atoms with van der Waals surface area (Å²) in [5.41, 5.74) is 4.90. The highest BCUT2D eigenvalue weighted by molar-refractivity contribution is 5.97. The number of fused-ring (bicyclic) bond motifs is 3. The van der Waals surface area contributed by atoms with Gasteiger partial charge in [0.2, 0.25) is 0 Å². The van der Waals surface area contributed by atoms with E-state index in [1.54, 1.807) is 23.8 Å². The molecule has 1 aliphatic rings. The lowest BCUT2D eigenvalue weighted by atomic mass is 9.83. The van der Waals surface area contributed by atoms with Crippen molar-refractivity contribution in [1.29, 1.82) is 0 Å². The van der Waals surface area contributed by atoms with Gasteiger partial charge in [0.1, 0.15) is 11.5 Å². The first-order chi connectivity index (χ1) is 14.6. The van der Waals surface area contributed by atoms with E-state index in [2.05, 4.69) is 10.2 Å². The molecular formula is C23H20N4O3. The minimum absolute atomic E-state index is 0.0918. The number of rotatable bonds is 3. The zero-order valence-electron chi connectivity index (χ0n) is 16.7. The quantitative estimate of drug-likeness (QED) is 0.564. The molecule has 2 heterocycles. The van der Waals surface area contributed by atoms with Crippen LogP contribution in [0.25, 0.3) is 16.8 Å². The van der Waals surface area contributed by atoms with Crippen molar-refractivity contribution < 1.29 is 14.6 Å². The molecule has 2 aromatic carbocycles. The number of hydrogen-bond donors (Lipinski definition) is 1. The lowest BCUT2D eigenvalue weighted by molar-refractivity contribution is 0.0955. The first kappa shape index (κ1) is 18.3. The lowest BCUT2D eigenvalue weighted by Gasteiger charge is -2.23. The molecule has 30 heavy (non-hydrogen) atoms. The number of phenols is 1. The largest absolute Gasteiger partial charge is 0.508 e. The Balaban J connectivity index is 1.69. The highest BCUT2D eigenvalue weighted by Crippen LogP contribution is 2.38. The van der Waals surface area contributed by atoms with Gasteiger partial charge in [-0.15, -0.1) is 10.2 Å². The Bertz CT molecular complexity index is 1300. The molecule has 2 aromatic heterocycles. The molecule has 0 saturated carbocycles. The number of benzene rings is 2. The highest BCUT2D eigenvalue weighted by atomic mass is 16.5. The predicted molar refractivity (Wildman–Crippen MR) is 111 cm³/mol. The molecule has 1 N–H and O–H groups in total. The van der Waals surface area contributed by atoms with Crippen LogP contribution in [0.2, 0.25) is 0 Å². The van der Waals surface area contributed by atoms with E-state index in [-0.39, 0.29) is 23.9 Å². The van der Waals surface area contributed by atoms with E-state index >= 15 is 0 Å². The standard InChI is InChI=1S/C23H20N4O3/c1-13-21(16-8-4-6-10-20(16)30-2)23-25-24-22-17(27(23)26-13)11-14(12-19(22)29)15-7-3-5-9-18(15)28/h3-10,14,28H,11-12H2,1-2H3/t14-/m1/s1. The summed E-state index contributed by atoms with van der Waals surface area (Å²) in [4.78, 5) is 12.8. The van der Waals surface area contributed by atoms with Crippen LogP contribution in [0.4, 0.5) is 0 Å². The van der Waals surface area contributed by atoms with Gasteiger partial charge >= 0.3 is 0 Å². The molecule has 7 heteroatoms. The van der Waals surface area contributed by atoms with Crippen LogP contribution in [-0.2, 0) is 6.42 Å². The number of nitrogens with zero attached hydrogens (tertiary/aromatic N) is 4. The smallest absolute Gasteiger partial charge is 0.185 e. The van der Waals surface area contributed by atoms with E-state index in [4.69, 9.17) is 9.84 Å². The third-order valence-electron chi connectivity index (χ3n) is 5.70. The maximum absolute atomic E-state index is 12.8. The molecule has 150 valence electrons. The maximum Gasteiger partial charge on any atom is 0.185 e. The Labute approximate surface area is 173 Å². The second kappa shape index (κ2) is 6.95. The number of aryl methyl sites for hydroxylation is 1. The minimum Gasteiger partial charge on any atom is -0.508 e. The molecular weight excluding hydrogens is 380 g/mol. The van der Waals surface area contributed by atoms with Crippen molar-refractivity contribution in [3.05, 3.63) is 71.2 Å². The van der Waals surface area contributed by atoms with E-state index in [1.807, 2.05) is 43.3 Å². The highest BCUT2D eigenvalue weighted by Gasteiger charge is 2.32. The molecule has 0 unspecified atom stereocenters. The average molecular weight is 400 g/mol. The summed E-state index contributed by atoms with van der Waals surface area (Å²) in [5, 5.41) is 23.6. The summed E-state index contributed by atoms with van der Waals surface area (Å²) in [6.07, 6.45) is 0.821. The van der Waals surface area contributed by atoms with Crippen LogP contribution in [0.1, 0.15) is 39.8 Å². The second-order valence-electron chi connectivity index (χ2n) is 7.48. The molecule has 1 atom stereocenters. The SMILES string of the molecule is COc1ccccc1-c1c(C)nn2c3c(nnc12)C(=O)C[C@H](c1ccccc1O)C3. The third kappa shape index (κ3) is 2.74. The Hall–Kier alpha value is -3.74. The third-order valence-corrected chi connectivity index (χ3v) is 5.70. The monoisotopic (exact) mass is 400 g/mol. The topological polar surface area (TPSA) is 89.6 Å². The number of methoxy groups -OCH3 is 1. The molecule has 0 saturated heterocycles. The van der Waals surface area contributed by atoms with Crippen molar-refractivity contribution in [1.82, 2.24) is 19.8 Å². The first-order valence-electron chi connectivity index (χ1n) is 9.78. The van der Waals surface area contributed by atoms with Gasteiger partial charge in [0.25, 0.3) is 0 Å². The summed E-state index contributed by atoms with van der Waals surface area (Å²) < 4.78 is 7.25.